The number of nitrogens with zero attached hydrogens (tertiary/aromatic N) is 1. The van der Waals surface area contributed by atoms with Crippen LogP contribution >= 0.6 is 0 Å². The molecule has 2 aliphatic rings. The van der Waals surface area contributed by atoms with Gasteiger partial charge in [-0.25, -0.2) is 4.99 Å². The van der Waals surface area contributed by atoms with Crippen LogP contribution in [0.1, 0.15) is 6.92 Å². The normalized spacial score (nSPS) is 26.4. The van der Waals surface area contributed by atoms with Crippen LogP contribution in [-0.2, 0) is 4.79 Å². The molecule has 0 aromatic heterocycles. The zero-order valence-corrected chi connectivity index (χ0v) is 6.82. The summed E-state index contributed by atoms with van der Waals surface area (Å²) in [5.74, 6) is 0.0667. The van der Waals surface area contributed by atoms with Crippen molar-refractivity contribution in [2.45, 2.75) is 6.92 Å². The summed E-state index contributed by atoms with van der Waals surface area (Å²) < 4.78 is 0. The van der Waals surface area contributed by atoms with Crippen molar-refractivity contribution in [1.82, 2.24) is 0 Å². The highest BCUT2D eigenvalue weighted by Gasteiger charge is 2.18. The minimum absolute atomic E-state index is 0.149. The van der Waals surface area contributed by atoms with Gasteiger partial charge >= 0.3 is 0 Å². The molecule has 2 rings (SSSR count). The van der Waals surface area contributed by atoms with Crippen LogP contribution in [0.2, 0.25) is 0 Å². The Morgan fingerprint density at radius 3 is 3.08 bits per heavy atom. The summed E-state index contributed by atoms with van der Waals surface area (Å²) in [7, 11) is 0. The number of carbonyl (C=O) groups excluding carboxylic acids is 1. The Bertz CT molecular complexity index is 343. The van der Waals surface area contributed by atoms with Gasteiger partial charge in [-0.05, 0) is 12.5 Å². The van der Waals surface area contributed by atoms with Crippen LogP contribution in [-0.4, -0.2) is 11.6 Å². The van der Waals surface area contributed by atoms with Crippen molar-refractivity contribution in [2.24, 2.45) is 10.9 Å². The van der Waals surface area contributed by atoms with Crippen LogP contribution in [0.4, 0.5) is 0 Å². The van der Waals surface area contributed by atoms with E-state index in [1.54, 1.807) is 0 Å². The van der Waals surface area contributed by atoms with Crippen LogP contribution in [0.15, 0.2) is 40.9 Å². The topological polar surface area (TPSA) is 29.4 Å². The molecule has 2 heteroatoms. The van der Waals surface area contributed by atoms with Gasteiger partial charge in [0.15, 0.2) is 0 Å². The van der Waals surface area contributed by atoms with Crippen molar-refractivity contribution in [3.8, 4) is 0 Å². The highest BCUT2D eigenvalue weighted by molar-refractivity contribution is 6.13. The van der Waals surface area contributed by atoms with Gasteiger partial charge in [-0.1, -0.05) is 24.3 Å². The van der Waals surface area contributed by atoms with E-state index in [0.29, 0.717) is 0 Å². The van der Waals surface area contributed by atoms with Crippen molar-refractivity contribution < 1.29 is 4.79 Å². The summed E-state index contributed by atoms with van der Waals surface area (Å²) in [6.07, 6.45) is 9.42. The third-order valence-corrected chi connectivity index (χ3v) is 2.06. The van der Waals surface area contributed by atoms with Crippen molar-refractivity contribution in [2.75, 3.05) is 0 Å². The minimum atomic E-state index is -0.149. The van der Waals surface area contributed by atoms with Gasteiger partial charge in [0.05, 0.1) is 5.71 Å². The fourth-order valence-electron chi connectivity index (χ4n) is 1.42. The van der Waals surface area contributed by atoms with Gasteiger partial charge in [-0.15, -0.1) is 0 Å². The fourth-order valence-corrected chi connectivity index (χ4v) is 1.42. The molecule has 0 fully saturated rings. The van der Waals surface area contributed by atoms with Crippen molar-refractivity contribution >= 4 is 11.6 Å². The Balaban J connectivity index is 2.44. The third-order valence-electron chi connectivity index (χ3n) is 2.06. The van der Waals surface area contributed by atoms with Gasteiger partial charge in [0, 0.05) is 12.0 Å². The van der Waals surface area contributed by atoms with Gasteiger partial charge in [0.25, 0.3) is 5.91 Å². The first-order valence-electron chi connectivity index (χ1n) is 3.93. The molecule has 0 aromatic carbocycles. The highest BCUT2D eigenvalue weighted by Crippen LogP contribution is 2.20. The molecule has 2 nitrogen and oxygen atoms in total. The molecule has 0 aromatic rings. The second kappa shape index (κ2) is 2.55. The van der Waals surface area contributed by atoms with Gasteiger partial charge in [-0.3, -0.25) is 4.79 Å². The number of carbonyl (C=O) groups is 1. The van der Waals surface area contributed by atoms with E-state index in [1.165, 1.54) is 6.08 Å². The Morgan fingerprint density at radius 2 is 2.25 bits per heavy atom. The molecule has 0 saturated heterocycles. The molecule has 1 aliphatic carbocycles. The zero-order valence-electron chi connectivity index (χ0n) is 6.82. The number of dihydropyridines is 1. The molecule has 1 amide bonds. The Morgan fingerprint density at radius 1 is 1.42 bits per heavy atom. The van der Waals surface area contributed by atoms with Crippen LogP contribution < -0.4 is 0 Å². The van der Waals surface area contributed by atoms with Gasteiger partial charge in [0.1, 0.15) is 0 Å². The Labute approximate surface area is 71.0 Å². The van der Waals surface area contributed by atoms with Crippen molar-refractivity contribution in [3.05, 3.63) is 36.0 Å². The molecular weight excluding hydrogens is 150 g/mol. The second-order valence-corrected chi connectivity index (χ2v) is 2.95. The first-order valence-corrected chi connectivity index (χ1v) is 3.93. The zero-order chi connectivity index (χ0) is 8.55. The van der Waals surface area contributed by atoms with E-state index in [-0.39, 0.29) is 11.8 Å². The summed E-state index contributed by atoms with van der Waals surface area (Å²) in [6.45, 7) is 1.97. The lowest BCUT2D eigenvalue weighted by molar-refractivity contribution is -0.113. The molecule has 0 saturated carbocycles. The lowest BCUT2D eigenvalue weighted by Gasteiger charge is -2.17. The quantitative estimate of drug-likeness (QED) is 0.528. The van der Waals surface area contributed by atoms with Crippen LogP contribution in [0.3, 0.4) is 0 Å². The monoisotopic (exact) mass is 159 g/mol. The number of amides is 1. The maximum atomic E-state index is 10.9. The highest BCUT2D eigenvalue weighted by atomic mass is 16.1. The molecule has 0 bridgehead atoms. The molecule has 60 valence electrons. The molecular formula is C10H9NO. The summed E-state index contributed by atoms with van der Waals surface area (Å²) in [4.78, 5) is 14.9. The molecule has 1 atom stereocenters. The van der Waals surface area contributed by atoms with E-state index in [0.717, 1.165) is 11.3 Å². The van der Waals surface area contributed by atoms with Gasteiger partial charge < -0.3 is 0 Å². The fraction of sp³-hybridized carbons (Fsp3) is 0.200. The first kappa shape index (κ1) is 7.22. The van der Waals surface area contributed by atoms with E-state index in [1.807, 2.05) is 31.2 Å². The smallest absolute Gasteiger partial charge is 0.267 e. The number of aliphatic imine (C=N–C) groups is 1. The molecule has 1 aliphatic heterocycles. The molecule has 1 unspecified atom stereocenters. The lowest BCUT2D eigenvalue weighted by Crippen LogP contribution is -2.19. The van der Waals surface area contributed by atoms with E-state index in [9.17, 15) is 4.79 Å². The predicted octanol–water partition coefficient (Wildman–Crippen LogP) is 1.66. The van der Waals surface area contributed by atoms with E-state index >= 15 is 0 Å². The minimum Gasteiger partial charge on any atom is -0.267 e. The average Bonchev–Trinajstić information content (AvgIpc) is 2.07. The number of fused-ring (bicyclic) bond motifs is 1. The van der Waals surface area contributed by atoms with Crippen LogP contribution in [0.5, 0.6) is 0 Å². The van der Waals surface area contributed by atoms with Gasteiger partial charge in [-0.2, -0.15) is 0 Å². The van der Waals surface area contributed by atoms with E-state index in [2.05, 4.69) is 4.99 Å². The number of allylic oxidation sites excluding steroid dienone is 5. The van der Waals surface area contributed by atoms with Crippen LogP contribution in [0, 0.1) is 5.92 Å². The average molecular weight is 159 g/mol. The lowest BCUT2D eigenvalue weighted by atomic mass is 9.91. The predicted molar refractivity (Wildman–Crippen MR) is 48.0 cm³/mol. The van der Waals surface area contributed by atoms with Crippen molar-refractivity contribution in [3.63, 3.8) is 0 Å². The molecule has 0 radical (unpaired) electrons. The van der Waals surface area contributed by atoms with E-state index in [4.69, 9.17) is 0 Å². The van der Waals surface area contributed by atoms with Crippen LogP contribution in [0.25, 0.3) is 0 Å². The van der Waals surface area contributed by atoms with Gasteiger partial charge in [0.2, 0.25) is 0 Å². The number of hydrogen-bond donors (Lipinski definition) is 0. The summed E-state index contributed by atoms with van der Waals surface area (Å²) in [5, 5.41) is 0. The summed E-state index contributed by atoms with van der Waals surface area (Å²) in [6, 6.07) is 0. The summed E-state index contributed by atoms with van der Waals surface area (Å²) >= 11 is 0. The molecule has 0 spiro atoms. The molecule has 1 heterocycles. The summed E-state index contributed by atoms with van der Waals surface area (Å²) in [5.41, 5.74) is 1.98. The number of rotatable bonds is 0. The maximum absolute atomic E-state index is 10.9. The second-order valence-electron chi connectivity index (χ2n) is 2.95. The largest absolute Gasteiger partial charge is 0.269 e. The van der Waals surface area contributed by atoms with E-state index < -0.39 is 0 Å². The third kappa shape index (κ3) is 1.05. The van der Waals surface area contributed by atoms with Crippen molar-refractivity contribution in [1.29, 1.82) is 0 Å². The molecule has 12 heavy (non-hydrogen) atoms. The SMILES string of the molecule is CC1=CC=CC2C=CC(=O)N=C12. The standard InChI is InChI=1S/C10H9NO/c1-7-3-2-4-8-5-6-9(12)11-10(7)8/h2-6,8H,1H3. The Hall–Kier alpha value is -1.44. The maximum Gasteiger partial charge on any atom is 0.269 e. The Kier molecular flexibility index (Phi) is 1.54. The molecule has 0 N–H and O–H groups in total. The number of hydrogen-bond acceptors (Lipinski definition) is 1. The first-order chi connectivity index (χ1) is 5.77.